The number of nitrogens with zero attached hydrogens (tertiary/aromatic N) is 4. The zero-order chi connectivity index (χ0) is 36.9. The van der Waals surface area contributed by atoms with Gasteiger partial charge in [0, 0.05) is 25.3 Å². The summed E-state index contributed by atoms with van der Waals surface area (Å²) in [5.74, 6) is 1.66. The molecular formula is C39H47N7O7. The van der Waals surface area contributed by atoms with E-state index in [0.29, 0.717) is 45.0 Å². The topological polar surface area (TPSA) is 175 Å². The quantitative estimate of drug-likeness (QED) is 0.210. The van der Waals surface area contributed by atoms with Crippen LogP contribution in [-0.4, -0.2) is 105 Å². The van der Waals surface area contributed by atoms with Crippen LogP contribution in [0.25, 0.3) is 33.6 Å². The second-order valence-corrected chi connectivity index (χ2v) is 13.8. The van der Waals surface area contributed by atoms with E-state index < -0.39 is 18.2 Å². The lowest BCUT2D eigenvalue weighted by molar-refractivity contribution is -0.141. The first kappa shape index (κ1) is 36.2. The van der Waals surface area contributed by atoms with E-state index in [1.807, 2.05) is 24.3 Å². The van der Waals surface area contributed by atoms with Crippen molar-refractivity contribution in [2.45, 2.75) is 76.1 Å². The minimum Gasteiger partial charge on any atom is -0.493 e. The van der Waals surface area contributed by atoms with Crippen LogP contribution in [0.2, 0.25) is 0 Å². The SMILES string of the molecule is CC[C@@H](O)C(=O)N1CCC[C@H]1c1ncc(-c2ccc(-c3ccc4c(c3)OCCCCOC[C@H](NC(=O)OC)C(=O)N3CCC[C@H]3c3ncc-4[nH]3)cc2)[nH]1. The number of amides is 3. The summed E-state index contributed by atoms with van der Waals surface area (Å²) in [6.07, 6.45) is 6.96. The van der Waals surface area contributed by atoms with Crippen LogP contribution in [0, 0.1) is 0 Å². The second kappa shape index (κ2) is 16.2. The van der Waals surface area contributed by atoms with Crippen LogP contribution in [0.4, 0.5) is 4.79 Å². The van der Waals surface area contributed by atoms with E-state index in [1.54, 1.807) is 29.1 Å². The number of hydrogen-bond donors (Lipinski definition) is 4. The highest BCUT2D eigenvalue weighted by molar-refractivity contribution is 5.86. The van der Waals surface area contributed by atoms with E-state index in [9.17, 15) is 19.5 Å². The van der Waals surface area contributed by atoms with E-state index in [2.05, 4.69) is 38.5 Å². The van der Waals surface area contributed by atoms with Gasteiger partial charge in [-0.25, -0.2) is 14.8 Å². The number of aromatic nitrogens is 4. The first-order chi connectivity index (χ1) is 25.8. The summed E-state index contributed by atoms with van der Waals surface area (Å²) < 4.78 is 17.0. The number of nitrogens with one attached hydrogen (secondary N) is 3. The van der Waals surface area contributed by atoms with Gasteiger partial charge >= 0.3 is 6.09 Å². The molecule has 0 aliphatic carbocycles. The molecule has 5 heterocycles. The van der Waals surface area contributed by atoms with Crippen molar-refractivity contribution in [3.8, 4) is 39.4 Å². The van der Waals surface area contributed by atoms with Crippen molar-refractivity contribution < 1.29 is 33.7 Å². The van der Waals surface area contributed by atoms with Gasteiger partial charge in [-0.15, -0.1) is 0 Å². The van der Waals surface area contributed by atoms with E-state index in [4.69, 9.17) is 19.2 Å². The summed E-state index contributed by atoms with van der Waals surface area (Å²) in [6, 6.07) is 13.0. The lowest BCUT2D eigenvalue weighted by Crippen LogP contribution is -2.50. The maximum atomic E-state index is 13.7. The maximum Gasteiger partial charge on any atom is 0.407 e. The number of carbonyl (C=O) groups excluding carboxylic acids is 3. The molecule has 14 nitrogen and oxygen atoms in total. The molecular weight excluding hydrogens is 678 g/mol. The molecule has 3 aliphatic rings. The summed E-state index contributed by atoms with van der Waals surface area (Å²) in [7, 11) is 1.27. The van der Waals surface area contributed by atoms with Gasteiger partial charge in [-0.1, -0.05) is 37.3 Å². The Morgan fingerprint density at radius 1 is 0.925 bits per heavy atom. The highest BCUT2D eigenvalue weighted by atomic mass is 16.5. The number of aliphatic hydroxyl groups is 1. The normalized spacial score (nSPS) is 21.4. The number of carbonyl (C=O) groups is 3. The summed E-state index contributed by atoms with van der Waals surface area (Å²) in [4.78, 5) is 58.2. The maximum absolute atomic E-state index is 13.7. The largest absolute Gasteiger partial charge is 0.493 e. The fourth-order valence-electron chi connectivity index (χ4n) is 7.44. The van der Waals surface area contributed by atoms with Gasteiger partial charge in [-0.2, -0.15) is 0 Å². The molecule has 3 amide bonds. The fraction of sp³-hybridized carbons (Fsp3) is 0.462. The third kappa shape index (κ3) is 7.79. The summed E-state index contributed by atoms with van der Waals surface area (Å²) >= 11 is 0. The molecule has 2 aromatic carbocycles. The molecule has 3 aliphatic heterocycles. The number of benzene rings is 2. The van der Waals surface area contributed by atoms with Crippen molar-refractivity contribution in [3.63, 3.8) is 0 Å². The van der Waals surface area contributed by atoms with Crippen LogP contribution in [-0.2, 0) is 19.1 Å². The van der Waals surface area contributed by atoms with Crippen molar-refractivity contribution in [2.75, 3.05) is 40.0 Å². The standard InChI is InChI=1S/C39H47N7O7/c1-3-33(47)38(49)46-17-7-9-32(46)35-40-21-28(42-35)25-12-10-24(11-13-25)26-14-15-27-29-22-41-36(43-29)31-8-6-16-45(31)37(48)30(44-39(50)51-2)23-52-18-4-5-19-53-34(27)20-26/h10-15,20-22,30-33,47H,3-9,16-19,23H2,1-2H3,(H,40,42)(H,41,43)(H,44,50)/t30-,31-,32-,33+/m0/s1. The molecule has 280 valence electrons. The molecule has 53 heavy (non-hydrogen) atoms. The van der Waals surface area contributed by atoms with E-state index in [1.165, 1.54) is 7.11 Å². The molecule has 4 N–H and O–H groups in total. The predicted molar refractivity (Wildman–Crippen MR) is 196 cm³/mol. The molecule has 2 saturated heterocycles. The Labute approximate surface area is 308 Å². The second-order valence-electron chi connectivity index (χ2n) is 13.8. The van der Waals surface area contributed by atoms with Crippen molar-refractivity contribution in [3.05, 3.63) is 66.5 Å². The number of imidazole rings is 2. The Hall–Kier alpha value is -5.21. The number of H-pyrrole nitrogens is 2. The molecule has 2 fully saturated rings. The van der Waals surface area contributed by atoms with Crippen LogP contribution < -0.4 is 10.1 Å². The molecule has 7 rings (SSSR count). The van der Waals surface area contributed by atoms with Crippen LogP contribution in [0.3, 0.4) is 0 Å². The lowest BCUT2D eigenvalue weighted by Gasteiger charge is -2.28. The first-order valence-electron chi connectivity index (χ1n) is 18.5. The number of rotatable bonds is 6. The van der Waals surface area contributed by atoms with Gasteiger partial charge in [-0.3, -0.25) is 9.59 Å². The number of aromatic amines is 2. The Balaban J connectivity index is 1.11. The summed E-state index contributed by atoms with van der Waals surface area (Å²) in [5.41, 5.74) is 5.49. The predicted octanol–water partition coefficient (Wildman–Crippen LogP) is 5.15. The monoisotopic (exact) mass is 725 g/mol. The van der Waals surface area contributed by atoms with Crippen LogP contribution in [0.5, 0.6) is 5.75 Å². The molecule has 14 heteroatoms. The van der Waals surface area contributed by atoms with E-state index in [-0.39, 0.29) is 30.5 Å². The van der Waals surface area contributed by atoms with Crippen LogP contribution >= 0.6 is 0 Å². The number of ether oxygens (including phenoxy) is 3. The smallest absolute Gasteiger partial charge is 0.407 e. The third-order valence-corrected chi connectivity index (χ3v) is 10.4. The molecule has 0 saturated carbocycles. The van der Waals surface area contributed by atoms with E-state index >= 15 is 0 Å². The lowest BCUT2D eigenvalue weighted by atomic mass is 10.00. The van der Waals surface area contributed by atoms with Crippen molar-refractivity contribution in [2.24, 2.45) is 0 Å². The van der Waals surface area contributed by atoms with Crippen molar-refractivity contribution >= 4 is 17.9 Å². The summed E-state index contributed by atoms with van der Waals surface area (Å²) in [5, 5.41) is 12.8. The highest BCUT2D eigenvalue weighted by Gasteiger charge is 2.37. The molecule has 4 atom stereocenters. The van der Waals surface area contributed by atoms with Crippen LogP contribution in [0.15, 0.2) is 54.9 Å². The van der Waals surface area contributed by atoms with Gasteiger partial charge < -0.3 is 44.4 Å². The third-order valence-electron chi connectivity index (χ3n) is 10.4. The van der Waals surface area contributed by atoms with Gasteiger partial charge in [-0.05, 0) is 73.8 Å². The molecule has 0 radical (unpaired) electrons. The van der Waals surface area contributed by atoms with Gasteiger partial charge in [0.25, 0.3) is 5.91 Å². The molecule has 0 spiro atoms. The van der Waals surface area contributed by atoms with Gasteiger partial charge in [0.15, 0.2) is 0 Å². The summed E-state index contributed by atoms with van der Waals surface area (Å²) in [6.45, 7) is 3.88. The average Bonchev–Trinajstić information content (AvgIpc) is 4.02. The molecule has 0 unspecified atom stereocenters. The van der Waals surface area contributed by atoms with Crippen LogP contribution in [0.1, 0.15) is 75.6 Å². The number of likely N-dealkylation sites (tertiary alicyclic amines) is 1. The molecule has 4 aromatic rings. The Morgan fingerprint density at radius 3 is 2.40 bits per heavy atom. The van der Waals surface area contributed by atoms with Crippen molar-refractivity contribution in [1.29, 1.82) is 0 Å². The number of alkyl carbamates (subject to hydrolysis) is 1. The Morgan fingerprint density at radius 2 is 1.60 bits per heavy atom. The molecule has 2 bridgehead atoms. The average molecular weight is 726 g/mol. The fourth-order valence-corrected chi connectivity index (χ4v) is 7.44. The molecule has 2 aromatic heterocycles. The van der Waals surface area contributed by atoms with Gasteiger partial charge in [0.05, 0.1) is 56.2 Å². The number of methoxy groups -OCH3 is 1. The minimum atomic E-state index is -0.990. The number of hydrogen-bond acceptors (Lipinski definition) is 9. The van der Waals surface area contributed by atoms with Crippen molar-refractivity contribution in [1.82, 2.24) is 35.1 Å². The zero-order valence-corrected chi connectivity index (χ0v) is 30.2. The van der Waals surface area contributed by atoms with Gasteiger partial charge in [0.2, 0.25) is 5.91 Å². The first-order valence-corrected chi connectivity index (χ1v) is 18.5. The number of aliphatic hydroxyl groups excluding tert-OH is 1. The van der Waals surface area contributed by atoms with E-state index in [0.717, 1.165) is 77.3 Å². The highest BCUT2D eigenvalue weighted by Crippen LogP contribution is 2.38. The Kier molecular flexibility index (Phi) is 11.1. The Bertz CT molecular complexity index is 1910. The minimum absolute atomic E-state index is 0.0398. The van der Waals surface area contributed by atoms with Gasteiger partial charge in [0.1, 0.15) is 29.5 Å². The zero-order valence-electron chi connectivity index (χ0n) is 30.2. The number of fused-ring (bicyclic) bond motifs is 6.